The fourth-order valence-electron chi connectivity index (χ4n) is 3.42. The number of aliphatic hydroxyl groups is 1. The van der Waals surface area contributed by atoms with Gasteiger partial charge >= 0.3 is 0 Å². The van der Waals surface area contributed by atoms with Crippen LogP contribution in [0, 0.1) is 0 Å². The van der Waals surface area contributed by atoms with Crippen molar-refractivity contribution in [2.45, 2.75) is 31.9 Å². The molecule has 1 aliphatic rings. The maximum atomic E-state index is 12.7. The molecule has 0 bridgehead atoms. The van der Waals surface area contributed by atoms with E-state index < -0.39 is 0 Å². The molecule has 1 heterocycles. The van der Waals surface area contributed by atoms with Crippen LogP contribution < -0.4 is 5.73 Å². The number of phenols is 1. The minimum atomic E-state index is -0.285. The third kappa shape index (κ3) is 3.83. The lowest BCUT2D eigenvalue weighted by atomic mass is 9.88. The molecule has 0 atom stereocenters. The van der Waals surface area contributed by atoms with Crippen LogP contribution in [-0.2, 0) is 13.2 Å². The average Bonchev–Trinajstić information content (AvgIpc) is 2.68. The topological polar surface area (TPSA) is 86.8 Å². The average molecular weight is 340 g/mol. The van der Waals surface area contributed by atoms with Gasteiger partial charge in [-0.05, 0) is 48.1 Å². The summed E-state index contributed by atoms with van der Waals surface area (Å²) in [7, 11) is 0. The molecule has 132 valence electrons. The van der Waals surface area contributed by atoms with Gasteiger partial charge in [-0.1, -0.05) is 24.3 Å². The summed E-state index contributed by atoms with van der Waals surface area (Å²) >= 11 is 0. The van der Waals surface area contributed by atoms with E-state index in [1.807, 2.05) is 17.0 Å². The second-order valence-electron chi connectivity index (χ2n) is 6.52. The Bertz CT molecular complexity index is 752. The number of carbonyl (C=O) groups is 1. The van der Waals surface area contributed by atoms with Gasteiger partial charge < -0.3 is 20.8 Å². The van der Waals surface area contributed by atoms with Crippen LogP contribution in [0.1, 0.15) is 45.8 Å². The van der Waals surface area contributed by atoms with Crippen molar-refractivity contribution in [3.8, 4) is 5.75 Å². The van der Waals surface area contributed by atoms with Gasteiger partial charge in [-0.15, -0.1) is 0 Å². The number of nitrogens with two attached hydrogens (primary N) is 1. The lowest BCUT2D eigenvalue weighted by molar-refractivity contribution is 0.0713. The third-order valence-electron chi connectivity index (χ3n) is 4.94. The molecule has 5 nitrogen and oxygen atoms in total. The normalized spacial score (nSPS) is 15.4. The second-order valence-corrected chi connectivity index (χ2v) is 6.52. The standard InChI is InChI=1S/C20H24N2O3/c21-12-14-2-1-3-16(10-14)15-6-8-22(9-7-15)20(25)17-4-5-19(24)18(11-17)13-23/h1-5,10-11,15,23-24H,6-9,12-13,21H2. The number of aromatic hydroxyl groups is 1. The fourth-order valence-corrected chi connectivity index (χ4v) is 3.42. The zero-order valence-corrected chi connectivity index (χ0v) is 14.2. The molecular formula is C20H24N2O3. The second kappa shape index (κ2) is 7.68. The first-order chi connectivity index (χ1) is 12.1. The highest BCUT2D eigenvalue weighted by Crippen LogP contribution is 2.29. The predicted molar refractivity (Wildman–Crippen MR) is 96.2 cm³/mol. The molecule has 1 aliphatic heterocycles. The summed E-state index contributed by atoms with van der Waals surface area (Å²) in [4.78, 5) is 14.5. The zero-order valence-electron chi connectivity index (χ0n) is 14.2. The lowest BCUT2D eigenvalue weighted by Crippen LogP contribution is -2.38. The molecule has 0 aromatic heterocycles. The van der Waals surface area contributed by atoms with E-state index >= 15 is 0 Å². The Kier molecular flexibility index (Phi) is 5.36. The summed E-state index contributed by atoms with van der Waals surface area (Å²) in [5.74, 6) is 0.407. The van der Waals surface area contributed by atoms with E-state index in [0.29, 0.717) is 36.7 Å². The van der Waals surface area contributed by atoms with Crippen LogP contribution in [0.15, 0.2) is 42.5 Å². The van der Waals surface area contributed by atoms with E-state index in [0.717, 1.165) is 18.4 Å². The van der Waals surface area contributed by atoms with E-state index in [2.05, 4.69) is 12.1 Å². The summed E-state index contributed by atoms with van der Waals surface area (Å²) < 4.78 is 0. The molecule has 2 aromatic rings. The van der Waals surface area contributed by atoms with Gasteiger partial charge in [0, 0.05) is 30.8 Å². The summed E-state index contributed by atoms with van der Waals surface area (Å²) in [6.45, 7) is 1.66. The number of piperidine rings is 1. The summed E-state index contributed by atoms with van der Waals surface area (Å²) in [6, 6.07) is 13.0. The zero-order chi connectivity index (χ0) is 17.8. The molecule has 25 heavy (non-hydrogen) atoms. The number of rotatable bonds is 4. The third-order valence-corrected chi connectivity index (χ3v) is 4.94. The van der Waals surface area contributed by atoms with E-state index in [-0.39, 0.29) is 18.3 Å². The molecule has 0 radical (unpaired) electrons. The summed E-state index contributed by atoms with van der Waals surface area (Å²) in [6.07, 6.45) is 1.84. The van der Waals surface area contributed by atoms with E-state index in [9.17, 15) is 15.0 Å². The Labute approximate surface area is 147 Å². The molecule has 0 saturated carbocycles. The Morgan fingerprint density at radius 2 is 1.92 bits per heavy atom. The maximum Gasteiger partial charge on any atom is 0.253 e. The van der Waals surface area contributed by atoms with Crippen LogP contribution in [0.25, 0.3) is 0 Å². The van der Waals surface area contributed by atoms with E-state index in [1.165, 1.54) is 11.6 Å². The number of hydrogen-bond donors (Lipinski definition) is 3. The number of amides is 1. The quantitative estimate of drug-likeness (QED) is 0.797. The highest BCUT2D eigenvalue weighted by atomic mass is 16.3. The molecule has 1 fully saturated rings. The first kappa shape index (κ1) is 17.5. The smallest absolute Gasteiger partial charge is 0.253 e. The monoisotopic (exact) mass is 340 g/mol. The van der Waals surface area contributed by atoms with E-state index in [4.69, 9.17) is 5.73 Å². The van der Waals surface area contributed by atoms with Gasteiger partial charge in [-0.3, -0.25) is 4.79 Å². The first-order valence-electron chi connectivity index (χ1n) is 8.63. The lowest BCUT2D eigenvalue weighted by Gasteiger charge is -2.32. The van der Waals surface area contributed by atoms with Crippen LogP contribution in [0.3, 0.4) is 0 Å². The highest BCUT2D eigenvalue weighted by Gasteiger charge is 2.25. The van der Waals surface area contributed by atoms with Crippen molar-refractivity contribution in [2.24, 2.45) is 5.73 Å². The predicted octanol–water partition coefficient (Wildman–Crippen LogP) is 2.36. The van der Waals surface area contributed by atoms with Crippen LogP contribution >= 0.6 is 0 Å². The molecule has 1 saturated heterocycles. The van der Waals surface area contributed by atoms with Crippen LogP contribution in [0.2, 0.25) is 0 Å². The van der Waals surface area contributed by atoms with Gasteiger partial charge in [-0.25, -0.2) is 0 Å². The Morgan fingerprint density at radius 1 is 1.16 bits per heavy atom. The van der Waals surface area contributed by atoms with Gasteiger partial charge in [-0.2, -0.15) is 0 Å². The van der Waals surface area contributed by atoms with Crippen molar-refractivity contribution < 1.29 is 15.0 Å². The molecule has 0 unspecified atom stereocenters. The van der Waals surface area contributed by atoms with Crippen LogP contribution in [0.5, 0.6) is 5.75 Å². The Morgan fingerprint density at radius 3 is 2.60 bits per heavy atom. The molecule has 1 amide bonds. The SMILES string of the molecule is NCc1cccc(C2CCN(C(=O)c3ccc(O)c(CO)c3)CC2)c1. The maximum absolute atomic E-state index is 12.7. The number of carbonyl (C=O) groups excluding carboxylic acids is 1. The van der Waals surface area contributed by atoms with Gasteiger partial charge in [0.25, 0.3) is 5.91 Å². The van der Waals surface area contributed by atoms with Crippen LogP contribution in [0.4, 0.5) is 0 Å². The fraction of sp³-hybridized carbons (Fsp3) is 0.350. The van der Waals surface area contributed by atoms with Crippen molar-refractivity contribution in [1.29, 1.82) is 0 Å². The Balaban J connectivity index is 1.66. The van der Waals surface area contributed by atoms with Crippen molar-refractivity contribution in [2.75, 3.05) is 13.1 Å². The summed E-state index contributed by atoms with van der Waals surface area (Å²) in [5, 5.41) is 18.9. The van der Waals surface area contributed by atoms with Crippen molar-refractivity contribution in [3.63, 3.8) is 0 Å². The minimum absolute atomic E-state index is 0.0116. The van der Waals surface area contributed by atoms with Crippen molar-refractivity contribution >= 4 is 5.91 Å². The molecule has 3 rings (SSSR count). The Hall–Kier alpha value is -2.37. The molecule has 0 spiro atoms. The molecule has 4 N–H and O–H groups in total. The molecule has 0 aliphatic carbocycles. The summed E-state index contributed by atoms with van der Waals surface area (Å²) in [5.41, 5.74) is 9.03. The van der Waals surface area contributed by atoms with Crippen LogP contribution in [-0.4, -0.2) is 34.1 Å². The number of hydrogen-bond acceptors (Lipinski definition) is 4. The van der Waals surface area contributed by atoms with Crippen molar-refractivity contribution in [1.82, 2.24) is 4.90 Å². The number of likely N-dealkylation sites (tertiary alicyclic amines) is 1. The number of nitrogens with zero attached hydrogens (tertiary/aromatic N) is 1. The molecule has 5 heteroatoms. The van der Waals surface area contributed by atoms with Gasteiger partial charge in [0.1, 0.15) is 5.75 Å². The molecule has 2 aromatic carbocycles. The highest BCUT2D eigenvalue weighted by molar-refractivity contribution is 5.94. The van der Waals surface area contributed by atoms with E-state index in [1.54, 1.807) is 12.1 Å². The molecular weight excluding hydrogens is 316 g/mol. The number of benzene rings is 2. The van der Waals surface area contributed by atoms with Crippen molar-refractivity contribution in [3.05, 3.63) is 64.7 Å². The minimum Gasteiger partial charge on any atom is -0.508 e. The van der Waals surface area contributed by atoms with Gasteiger partial charge in [0.05, 0.1) is 6.61 Å². The largest absolute Gasteiger partial charge is 0.508 e. The first-order valence-corrected chi connectivity index (χ1v) is 8.63. The van der Waals surface area contributed by atoms with Gasteiger partial charge in [0.15, 0.2) is 0 Å². The van der Waals surface area contributed by atoms with Gasteiger partial charge in [0.2, 0.25) is 0 Å². The number of aliphatic hydroxyl groups excluding tert-OH is 1.